The van der Waals surface area contributed by atoms with Crippen molar-refractivity contribution in [3.05, 3.63) is 0 Å². The molecule has 0 radical (unpaired) electrons. The number of nitrogens with one attached hydrogen (secondary N) is 1. The van der Waals surface area contributed by atoms with E-state index in [-0.39, 0.29) is 10.7 Å². The molecule has 19 heavy (non-hydrogen) atoms. The number of thioether (sulfide) groups is 1. The standard InChI is InChI=1S/C14H25NO3S/c1-13(2,3)10(12(17)18)11(16)15-9-14(19-4)7-5-6-8-14/h10H,5-9H2,1-4H3,(H,15,16)(H,17,18). The molecule has 1 aliphatic rings. The summed E-state index contributed by atoms with van der Waals surface area (Å²) < 4.78 is 0.108. The van der Waals surface area contributed by atoms with Crippen molar-refractivity contribution in [2.24, 2.45) is 11.3 Å². The molecule has 0 bridgehead atoms. The van der Waals surface area contributed by atoms with Gasteiger partial charge in [0.05, 0.1) is 0 Å². The van der Waals surface area contributed by atoms with Gasteiger partial charge in [-0.2, -0.15) is 11.8 Å². The van der Waals surface area contributed by atoms with Crippen LogP contribution in [0.5, 0.6) is 0 Å². The van der Waals surface area contributed by atoms with Crippen LogP contribution in [0.25, 0.3) is 0 Å². The Hall–Kier alpha value is -0.710. The van der Waals surface area contributed by atoms with Crippen LogP contribution in [0.3, 0.4) is 0 Å². The first-order valence-corrected chi connectivity index (χ1v) is 8.00. The Morgan fingerprint density at radius 1 is 1.32 bits per heavy atom. The van der Waals surface area contributed by atoms with E-state index in [0.717, 1.165) is 12.8 Å². The summed E-state index contributed by atoms with van der Waals surface area (Å²) in [5, 5.41) is 12.1. The van der Waals surface area contributed by atoms with E-state index >= 15 is 0 Å². The molecule has 4 nitrogen and oxygen atoms in total. The molecular formula is C14H25NO3S. The van der Waals surface area contributed by atoms with Crippen molar-refractivity contribution in [3.8, 4) is 0 Å². The summed E-state index contributed by atoms with van der Waals surface area (Å²) in [6.07, 6.45) is 6.65. The monoisotopic (exact) mass is 287 g/mol. The SMILES string of the molecule is CSC1(CNC(=O)C(C(=O)O)C(C)(C)C)CCCC1. The molecule has 0 spiro atoms. The fourth-order valence-corrected chi connectivity index (χ4v) is 3.61. The van der Waals surface area contributed by atoms with E-state index in [1.807, 2.05) is 0 Å². The predicted octanol–water partition coefficient (Wildman–Crippen LogP) is 2.53. The molecule has 1 rings (SSSR count). The summed E-state index contributed by atoms with van der Waals surface area (Å²) >= 11 is 1.79. The molecule has 2 N–H and O–H groups in total. The molecule has 0 saturated heterocycles. The van der Waals surface area contributed by atoms with Gasteiger partial charge in [0.1, 0.15) is 5.92 Å². The van der Waals surface area contributed by atoms with Crippen molar-refractivity contribution < 1.29 is 14.7 Å². The molecule has 1 fully saturated rings. The van der Waals surface area contributed by atoms with Gasteiger partial charge in [-0.3, -0.25) is 9.59 Å². The predicted molar refractivity (Wildman–Crippen MR) is 78.3 cm³/mol. The molecule has 110 valence electrons. The Morgan fingerprint density at radius 2 is 1.84 bits per heavy atom. The lowest BCUT2D eigenvalue weighted by molar-refractivity contribution is -0.151. The highest BCUT2D eigenvalue weighted by molar-refractivity contribution is 8.00. The van der Waals surface area contributed by atoms with Crippen LogP contribution in [-0.4, -0.2) is 34.5 Å². The third-order valence-electron chi connectivity index (χ3n) is 3.91. The van der Waals surface area contributed by atoms with Crippen molar-refractivity contribution in [1.82, 2.24) is 5.32 Å². The molecule has 0 aromatic carbocycles. The first-order chi connectivity index (χ1) is 8.72. The largest absolute Gasteiger partial charge is 0.481 e. The highest BCUT2D eigenvalue weighted by Crippen LogP contribution is 2.39. The Kier molecular flexibility index (Phi) is 5.30. The number of aliphatic carboxylic acids is 1. The molecule has 1 unspecified atom stereocenters. The Labute approximate surface area is 119 Å². The second kappa shape index (κ2) is 6.16. The van der Waals surface area contributed by atoms with Crippen molar-refractivity contribution >= 4 is 23.6 Å². The average Bonchev–Trinajstić information content (AvgIpc) is 2.73. The maximum absolute atomic E-state index is 12.1. The van der Waals surface area contributed by atoms with E-state index in [1.165, 1.54) is 12.8 Å². The number of carbonyl (C=O) groups is 2. The third kappa shape index (κ3) is 4.13. The van der Waals surface area contributed by atoms with Crippen molar-refractivity contribution in [2.45, 2.75) is 51.2 Å². The van der Waals surface area contributed by atoms with E-state index in [0.29, 0.717) is 6.54 Å². The van der Waals surface area contributed by atoms with Crippen LogP contribution < -0.4 is 5.32 Å². The highest BCUT2D eigenvalue weighted by atomic mass is 32.2. The van der Waals surface area contributed by atoms with Crippen LogP contribution in [0.15, 0.2) is 0 Å². The summed E-state index contributed by atoms with van der Waals surface area (Å²) in [5.41, 5.74) is -0.571. The Balaban J connectivity index is 2.65. The van der Waals surface area contributed by atoms with E-state index in [4.69, 9.17) is 0 Å². The zero-order chi connectivity index (χ0) is 14.7. The van der Waals surface area contributed by atoms with Gasteiger partial charge in [-0.15, -0.1) is 0 Å². The fraction of sp³-hybridized carbons (Fsp3) is 0.857. The average molecular weight is 287 g/mol. The van der Waals surface area contributed by atoms with E-state index in [9.17, 15) is 14.7 Å². The number of hydrogen-bond donors (Lipinski definition) is 2. The maximum Gasteiger partial charge on any atom is 0.316 e. The fourth-order valence-electron chi connectivity index (χ4n) is 2.70. The van der Waals surface area contributed by atoms with Gasteiger partial charge in [0.2, 0.25) is 5.91 Å². The Morgan fingerprint density at radius 3 is 2.21 bits per heavy atom. The lowest BCUT2D eigenvalue weighted by Crippen LogP contribution is -2.47. The van der Waals surface area contributed by atoms with Crippen LogP contribution in [-0.2, 0) is 9.59 Å². The summed E-state index contributed by atoms with van der Waals surface area (Å²) in [6, 6.07) is 0. The lowest BCUT2D eigenvalue weighted by atomic mass is 9.80. The molecule has 1 atom stereocenters. The van der Waals surface area contributed by atoms with Crippen molar-refractivity contribution in [3.63, 3.8) is 0 Å². The van der Waals surface area contributed by atoms with Gasteiger partial charge in [0.15, 0.2) is 0 Å². The topological polar surface area (TPSA) is 66.4 Å². The maximum atomic E-state index is 12.1. The second-order valence-corrected chi connectivity index (χ2v) is 7.72. The molecule has 0 aromatic heterocycles. The molecular weight excluding hydrogens is 262 g/mol. The van der Waals surface area contributed by atoms with E-state index < -0.39 is 17.3 Å². The second-order valence-electron chi connectivity index (χ2n) is 6.45. The summed E-state index contributed by atoms with van der Waals surface area (Å²) in [4.78, 5) is 23.4. The van der Waals surface area contributed by atoms with Gasteiger partial charge in [-0.25, -0.2) is 0 Å². The van der Waals surface area contributed by atoms with Gasteiger partial charge in [-0.1, -0.05) is 33.6 Å². The van der Waals surface area contributed by atoms with Crippen LogP contribution in [0.4, 0.5) is 0 Å². The van der Waals surface area contributed by atoms with Crippen LogP contribution in [0.1, 0.15) is 46.5 Å². The molecule has 0 aliphatic heterocycles. The summed E-state index contributed by atoms with van der Waals surface area (Å²) in [7, 11) is 0. The smallest absolute Gasteiger partial charge is 0.316 e. The van der Waals surface area contributed by atoms with Crippen LogP contribution in [0.2, 0.25) is 0 Å². The molecule has 5 heteroatoms. The number of carboxylic acids is 1. The van der Waals surface area contributed by atoms with Crippen LogP contribution >= 0.6 is 11.8 Å². The minimum atomic E-state index is -1.05. The Bertz CT molecular complexity index is 343. The normalized spacial score (nSPS) is 20.0. The number of hydrogen-bond acceptors (Lipinski definition) is 3. The highest BCUT2D eigenvalue weighted by Gasteiger charge is 2.39. The third-order valence-corrected chi connectivity index (χ3v) is 5.33. The molecule has 0 heterocycles. The van der Waals surface area contributed by atoms with Gasteiger partial charge in [-0.05, 0) is 24.5 Å². The number of amides is 1. The zero-order valence-electron chi connectivity index (χ0n) is 12.3. The van der Waals surface area contributed by atoms with Crippen molar-refractivity contribution in [2.75, 3.05) is 12.8 Å². The van der Waals surface area contributed by atoms with Crippen LogP contribution in [0, 0.1) is 11.3 Å². The summed E-state index contributed by atoms with van der Waals surface area (Å²) in [6.45, 7) is 5.93. The minimum absolute atomic E-state index is 0.108. The van der Waals surface area contributed by atoms with E-state index in [2.05, 4.69) is 11.6 Å². The van der Waals surface area contributed by atoms with Gasteiger partial charge in [0, 0.05) is 11.3 Å². The number of carbonyl (C=O) groups excluding carboxylic acids is 1. The molecule has 0 aromatic rings. The minimum Gasteiger partial charge on any atom is -0.481 e. The van der Waals surface area contributed by atoms with Gasteiger partial charge in [0.25, 0.3) is 0 Å². The van der Waals surface area contributed by atoms with Crippen molar-refractivity contribution in [1.29, 1.82) is 0 Å². The zero-order valence-corrected chi connectivity index (χ0v) is 13.1. The quantitative estimate of drug-likeness (QED) is 0.763. The lowest BCUT2D eigenvalue weighted by Gasteiger charge is -2.30. The first kappa shape index (κ1) is 16.3. The molecule has 1 saturated carbocycles. The number of rotatable bonds is 5. The van der Waals surface area contributed by atoms with Gasteiger partial charge >= 0.3 is 5.97 Å². The van der Waals surface area contributed by atoms with E-state index in [1.54, 1.807) is 32.5 Å². The van der Waals surface area contributed by atoms with Gasteiger partial charge < -0.3 is 10.4 Å². The first-order valence-electron chi connectivity index (χ1n) is 6.77. The number of carboxylic acid groups (broad SMARTS) is 1. The molecule has 1 aliphatic carbocycles. The molecule has 1 amide bonds. The summed E-state index contributed by atoms with van der Waals surface area (Å²) in [5.74, 6) is -2.40.